The molecule has 2 rings (SSSR count). The minimum atomic E-state index is 0.231. The molecule has 2 nitrogen and oxygen atoms in total. The fourth-order valence-electron chi connectivity index (χ4n) is 2.07. The van der Waals surface area contributed by atoms with Crippen LogP contribution >= 0.6 is 0 Å². The Morgan fingerprint density at radius 1 is 1.31 bits per heavy atom. The molecule has 0 spiro atoms. The van der Waals surface area contributed by atoms with Crippen molar-refractivity contribution in [3.63, 3.8) is 0 Å². The van der Waals surface area contributed by atoms with E-state index in [1.165, 1.54) is 24.8 Å². The molecule has 1 aliphatic carbocycles. The molecule has 0 aromatic heterocycles. The Bertz CT molecular complexity index is 352. The van der Waals surface area contributed by atoms with Crippen LogP contribution in [0.25, 0.3) is 0 Å². The molecule has 0 unspecified atom stereocenters. The van der Waals surface area contributed by atoms with E-state index in [1.54, 1.807) is 0 Å². The number of carbonyl (C=O) groups excluding carboxylic acids is 1. The second-order valence-electron chi connectivity index (χ2n) is 4.53. The van der Waals surface area contributed by atoms with Crippen molar-refractivity contribution in [3.8, 4) is 0 Å². The normalized spacial score (nSPS) is 15.8. The third-order valence-electron chi connectivity index (χ3n) is 3.41. The minimum Gasteiger partial charge on any atom is -0.319 e. The highest BCUT2D eigenvalue weighted by atomic mass is 16.1. The molecule has 1 N–H and O–H groups in total. The summed E-state index contributed by atoms with van der Waals surface area (Å²) in [4.78, 5) is 11.7. The van der Waals surface area contributed by atoms with Gasteiger partial charge in [0.1, 0.15) is 0 Å². The van der Waals surface area contributed by atoms with Gasteiger partial charge in [0.15, 0.2) is 5.78 Å². The van der Waals surface area contributed by atoms with Crippen molar-refractivity contribution < 1.29 is 4.79 Å². The van der Waals surface area contributed by atoms with Gasteiger partial charge in [0.2, 0.25) is 0 Å². The van der Waals surface area contributed by atoms with Crippen LogP contribution < -0.4 is 5.32 Å². The molecule has 86 valence electrons. The van der Waals surface area contributed by atoms with Crippen LogP contribution in [-0.4, -0.2) is 19.4 Å². The molecule has 1 aromatic rings. The van der Waals surface area contributed by atoms with Crippen molar-refractivity contribution in [1.82, 2.24) is 5.32 Å². The molecule has 0 amide bonds. The lowest BCUT2D eigenvalue weighted by Crippen LogP contribution is -2.13. The van der Waals surface area contributed by atoms with E-state index in [2.05, 4.69) is 17.4 Å². The van der Waals surface area contributed by atoms with Crippen molar-refractivity contribution in [2.75, 3.05) is 13.6 Å². The monoisotopic (exact) mass is 217 g/mol. The van der Waals surface area contributed by atoms with Gasteiger partial charge in [-0.15, -0.1) is 0 Å². The van der Waals surface area contributed by atoms with Crippen LogP contribution in [0.2, 0.25) is 0 Å². The van der Waals surface area contributed by atoms with Crippen molar-refractivity contribution in [1.29, 1.82) is 0 Å². The molecule has 0 radical (unpaired) electrons. The Morgan fingerprint density at radius 3 is 2.50 bits per heavy atom. The van der Waals surface area contributed by atoms with Gasteiger partial charge in [-0.25, -0.2) is 0 Å². The molecule has 1 fully saturated rings. The summed E-state index contributed by atoms with van der Waals surface area (Å²) in [6.07, 6.45) is 4.56. The van der Waals surface area contributed by atoms with Crippen LogP contribution in [0.5, 0.6) is 0 Å². The number of carbonyl (C=O) groups is 1. The predicted octanol–water partition coefficient (Wildman–Crippen LogP) is 2.75. The standard InChI is InChI=1S/C14H19NO/c1-15-10-9-14(16)13-7-5-12(6-8-13)11-3-2-4-11/h5-8,11,15H,2-4,9-10H2,1H3. The molecule has 0 saturated heterocycles. The first-order chi connectivity index (χ1) is 7.81. The van der Waals surface area contributed by atoms with E-state index >= 15 is 0 Å². The Labute approximate surface area is 97.1 Å². The molecule has 0 aliphatic heterocycles. The summed E-state index contributed by atoms with van der Waals surface area (Å²) in [6, 6.07) is 8.20. The molecule has 1 aromatic carbocycles. The number of hydrogen-bond acceptors (Lipinski definition) is 2. The summed E-state index contributed by atoms with van der Waals surface area (Å²) in [5.74, 6) is 0.982. The summed E-state index contributed by atoms with van der Waals surface area (Å²) < 4.78 is 0. The van der Waals surface area contributed by atoms with Gasteiger partial charge in [0.25, 0.3) is 0 Å². The molecular formula is C14H19NO. The van der Waals surface area contributed by atoms with Crippen LogP contribution in [0.15, 0.2) is 24.3 Å². The number of rotatable bonds is 5. The molecule has 2 heteroatoms. The average Bonchev–Trinajstić information content (AvgIpc) is 2.24. The van der Waals surface area contributed by atoms with E-state index in [0.717, 1.165) is 18.0 Å². The molecular weight excluding hydrogens is 198 g/mol. The van der Waals surface area contributed by atoms with E-state index in [4.69, 9.17) is 0 Å². The lowest BCUT2D eigenvalue weighted by atomic mass is 9.80. The molecule has 16 heavy (non-hydrogen) atoms. The zero-order chi connectivity index (χ0) is 11.4. The Hall–Kier alpha value is -1.15. The first-order valence-corrected chi connectivity index (χ1v) is 6.09. The first-order valence-electron chi connectivity index (χ1n) is 6.09. The summed E-state index contributed by atoms with van der Waals surface area (Å²) in [6.45, 7) is 0.753. The van der Waals surface area contributed by atoms with Gasteiger partial charge in [-0.2, -0.15) is 0 Å². The van der Waals surface area contributed by atoms with Crippen LogP contribution in [0.3, 0.4) is 0 Å². The summed E-state index contributed by atoms with van der Waals surface area (Å²) in [5.41, 5.74) is 2.25. The Morgan fingerprint density at radius 2 is 2.00 bits per heavy atom. The highest BCUT2D eigenvalue weighted by Gasteiger charge is 2.19. The molecule has 1 aliphatic rings. The van der Waals surface area contributed by atoms with Crippen molar-refractivity contribution >= 4 is 5.78 Å². The van der Waals surface area contributed by atoms with E-state index in [0.29, 0.717) is 6.42 Å². The third kappa shape index (κ3) is 2.50. The van der Waals surface area contributed by atoms with Crippen LogP contribution in [0.4, 0.5) is 0 Å². The number of nitrogens with one attached hydrogen (secondary N) is 1. The number of Topliss-reactive ketones (excluding diaryl/α,β-unsaturated/α-hetero) is 1. The lowest BCUT2D eigenvalue weighted by molar-refractivity contribution is 0.0983. The maximum atomic E-state index is 11.7. The van der Waals surface area contributed by atoms with Crippen molar-refractivity contribution in [2.45, 2.75) is 31.6 Å². The van der Waals surface area contributed by atoms with E-state index in [9.17, 15) is 4.79 Å². The number of hydrogen-bond donors (Lipinski definition) is 1. The van der Waals surface area contributed by atoms with Gasteiger partial charge in [-0.1, -0.05) is 30.7 Å². The Balaban J connectivity index is 1.98. The summed E-state index contributed by atoms with van der Waals surface area (Å²) >= 11 is 0. The maximum absolute atomic E-state index is 11.7. The van der Waals surface area contributed by atoms with Gasteiger partial charge in [-0.3, -0.25) is 4.79 Å². The van der Waals surface area contributed by atoms with E-state index in [-0.39, 0.29) is 5.78 Å². The highest BCUT2D eigenvalue weighted by molar-refractivity contribution is 5.96. The third-order valence-corrected chi connectivity index (χ3v) is 3.41. The SMILES string of the molecule is CNCCC(=O)c1ccc(C2CCC2)cc1. The Kier molecular flexibility index (Phi) is 3.73. The van der Waals surface area contributed by atoms with Crippen molar-refractivity contribution in [3.05, 3.63) is 35.4 Å². The fourth-order valence-corrected chi connectivity index (χ4v) is 2.07. The summed E-state index contributed by atoms with van der Waals surface area (Å²) in [5, 5.41) is 3.00. The number of benzene rings is 1. The van der Waals surface area contributed by atoms with Crippen LogP contribution in [-0.2, 0) is 0 Å². The second kappa shape index (κ2) is 5.26. The highest BCUT2D eigenvalue weighted by Crippen LogP contribution is 2.36. The maximum Gasteiger partial charge on any atom is 0.164 e. The lowest BCUT2D eigenvalue weighted by Gasteiger charge is -2.25. The minimum absolute atomic E-state index is 0.231. The molecule has 0 atom stereocenters. The molecule has 1 saturated carbocycles. The fraction of sp³-hybridized carbons (Fsp3) is 0.500. The quantitative estimate of drug-likeness (QED) is 0.768. The smallest absolute Gasteiger partial charge is 0.164 e. The van der Waals surface area contributed by atoms with Crippen molar-refractivity contribution in [2.24, 2.45) is 0 Å². The van der Waals surface area contributed by atoms with Crippen LogP contribution in [0.1, 0.15) is 47.5 Å². The molecule has 0 heterocycles. The van der Waals surface area contributed by atoms with E-state index in [1.807, 2.05) is 19.2 Å². The first kappa shape index (κ1) is 11.3. The van der Waals surface area contributed by atoms with Crippen LogP contribution in [0, 0.1) is 0 Å². The average molecular weight is 217 g/mol. The zero-order valence-electron chi connectivity index (χ0n) is 9.83. The zero-order valence-corrected chi connectivity index (χ0v) is 9.83. The van der Waals surface area contributed by atoms with Gasteiger partial charge in [0, 0.05) is 18.5 Å². The predicted molar refractivity (Wildman–Crippen MR) is 65.9 cm³/mol. The van der Waals surface area contributed by atoms with Gasteiger partial charge >= 0.3 is 0 Å². The van der Waals surface area contributed by atoms with Gasteiger partial charge in [-0.05, 0) is 31.4 Å². The largest absolute Gasteiger partial charge is 0.319 e. The number of ketones is 1. The second-order valence-corrected chi connectivity index (χ2v) is 4.53. The summed E-state index contributed by atoms with van der Waals surface area (Å²) in [7, 11) is 1.87. The van der Waals surface area contributed by atoms with Gasteiger partial charge in [0.05, 0.1) is 0 Å². The topological polar surface area (TPSA) is 29.1 Å². The molecule has 0 bridgehead atoms. The van der Waals surface area contributed by atoms with E-state index < -0.39 is 0 Å². The van der Waals surface area contributed by atoms with Gasteiger partial charge < -0.3 is 5.32 Å².